The van der Waals surface area contributed by atoms with Crippen molar-refractivity contribution in [2.75, 3.05) is 0 Å². The number of aromatic nitrogens is 1. The molecule has 1 aromatic heterocycles. The molecule has 21 heavy (non-hydrogen) atoms. The van der Waals surface area contributed by atoms with Crippen LogP contribution in [0.3, 0.4) is 0 Å². The van der Waals surface area contributed by atoms with E-state index >= 15 is 0 Å². The van der Waals surface area contributed by atoms with E-state index in [2.05, 4.69) is 24.1 Å². The minimum absolute atomic E-state index is 0.101. The van der Waals surface area contributed by atoms with Crippen molar-refractivity contribution in [1.29, 1.82) is 5.41 Å². The molecule has 0 aliphatic carbocycles. The van der Waals surface area contributed by atoms with Crippen molar-refractivity contribution in [1.82, 2.24) is 4.57 Å². The van der Waals surface area contributed by atoms with Gasteiger partial charge in [-0.25, -0.2) is 0 Å². The molecule has 0 saturated carbocycles. The SMILES string of the molecule is CCC(C)SC(=N)N=Nc1c(O)n(CC)c2ccccc12. The Bertz CT molecular complexity index is 678. The molecule has 0 saturated heterocycles. The highest BCUT2D eigenvalue weighted by Gasteiger charge is 2.15. The van der Waals surface area contributed by atoms with Crippen LogP contribution in [0, 0.1) is 5.41 Å². The topological polar surface area (TPSA) is 73.7 Å². The van der Waals surface area contributed by atoms with Gasteiger partial charge >= 0.3 is 0 Å². The van der Waals surface area contributed by atoms with Crippen LogP contribution >= 0.6 is 11.8 Å². The number of thioether (sulfide) groups is 1. The number of fused-ring (bicyclic) bond motifs is 1. The molecule has 0 radical (unpaired) electrons. The first kappa shape index (κ1) is 15.6. The summed E-state index contributed by atoms with van der Waals surface area (Å²) in [5, 5.41) is 27.5. The van der Waals surface area contributed by atoms with Gasteiger partial charge in [-0.3, -0.25) is 5.41 Å². The number of hydrogen-bond acceptors (Lipinski definition) is 4. The summed E-state index contributed by atoms with van der Waals surface area (Å²) < 4.78 is 1.79. The minimum Gasteiger partial charge on any atom is -0.493 e. The maximum absolute atomic E-state index is 10.3. The van der Waals surface area contributed by atoms with Crippen molar-refractivity contribution >= 4 is 33.5 Å². The van der Waals surface area contributed by atoms with E-state index in [1.54, 1.807) is 4.57 Å². The number of rotatable bonds is 4. The standard InChI is InChI=1S/C15H20N4OS/c1-4-10(3)21-15(16)18-17-13-11-8-6-7-9-12(11)19(5-2)14(13)20/h6-10,16,20H,4-5H2,1-3H3. The van der Waals surface area contributed by atoms with Crippen LogP contribution in [0.25, 0.3) is 10.9 Å². The van der Waals surface area contributed by atoms with Crippen molar-refractivity contribution in [2.45, 2.75) is 39.0 Å². The second-order valence-corrected chi connectivity index (χ2v) is 6.20. The average Bonchev–Trinajstić information content (AvgIpc) is 2.76. The largest absolute Gasteiger partial charge is 0.493 e. The monoisotopic (exact) mass is 304 g/mol. The summed E-state index contributed by atoms with van der Waals surface area (Å²) in [7, 11) is 0. The summed E-state index contributed by atoms with van der Waals surface area (Å²) in [4.78, 5) is 0. The predicted molar refractivity (Wildman–Crippen MR) is 88.9 cm³/mol. The Hall–Kier alpha value is -1.82. The number of benzene rings is 1. The molecule has 112 valence electrons. The molecule has 1 atom stereocenters. The highest BCUT2D eigenvalue weighted by atomic mass is 32.2. The average molecular weight is 304 g/mol. The number of azo groups is 1. The Labute approximate surface area is 128 Å². The van der Waals surface area contributed by atoms with Crippen LogP contribution in [0.15, 0.2) is 34.5 Å². The van der Waals surface area contributed by atoms with Gasteiger partial charge in [0.2, 0.25) is 11.0 Å². The Kier molecular flexibility index (Phi) is 5.01. The molecular formula is C15H20N4OS. The first-order valence-corrected chi connectivity index (χ1v) is 7.93. The molecule has 2 rings (SSSR count). The molecule has 0 fully saturated rings. The fraction of sp³-hybridized carbons (Fsp3) is 0.400. The molecule has 0 amide bonds. The van der Waals surface area contributed by atoms with Crippen LogP contribution in [0.1, 0.15) is 27.2 Å². The fourth-order valence-electron chi connectivity index (χ4n) is 2.08. The number of aromatic hydroxyl groups is 1. The predicted octanol–water partition coefficient (Wildman–Crippen LogP) is 4.92. The zero-order chi connectivity index (χ0) is 15.4. The fourth-order valence-corrected chi connectivity index (χ4v) is 2.72. The summed E-state index contributed by atoms with van der Waals surface area (Å²) in [6, 6.07) is 7.67. The minimum atomic E-state index is 0.101. The van der Waals surface area contributed by atoms with Gasteiger partial charge in [-0.1, -0.05) is 43.8 Å². The molecule has 0 aliphatic rings. The lowest BCUT2D eigenvalue weighted by Crippen LogP contribution is -1.96. The molecule has 2 N–H and O–H groups in total. The molecule has 2 aromatic rings. The van der Waals surface area contributed by atoms with Crippen molar-refractivity contribution in [3.8, 4) is 5.88 Å². The van der Waals surface area contributed by atoms with Gasteiger partial charge in [-0.2, -0.15) is 0 Å². The zero-order valence-electron chi connectivity index (χ0n) is 12.5. The van der Waals surface area contributed by atoms with E-state index in [4.69, 9.17) is 5.41 Å². The molecular weight excluding hydrogens is 284 g/mol. The molecule has 1 heterocycles. The van der Waals surface area contributed by atoms with Crippen molar-refractivity contribution in [2.24, 2.45) is 10.2 Å². The van der Waals surface area contributed by atoms with Gasteiger partial charge in [0.05, 0.1) is 5.52 Å². The molecule has 1 unspecified atom stereocenters. The molecule has 1 aromatic carbocycles. The highest BCUT2D eigenvalue weighted by molar-refractivity contribution is 8.14. The Morgan fingerprint density at radius 1 is 1.38 bits per heavy atom. The van der Waals surface area contributed by atoms with Gasteiger partial charge in [0.25, 0.3) is 0 Å². The van der Waals surface area contributed by atoms with Gasteiger partial charge in [-0.15, -0.1) is 10.2 Å². The van der Waals surface area contributed by atoms with Gasteiger partial charge < -0.3 is 9.67 Å². The second kappa shape index (κ2) is 6.76. The number of aryl methyl sites for hydroxylation is 1. The lowest BCUT2D eigenvalue weighted by atomic mass is 10.2. The summed E-state index contributed by atoms with van der Waals surface area (Å²) in [5.74, 6) is 0.101. The number of nitrogens with zero attached hydrogens (tertiary/aromatic N) is 3. The lowest BCUT2D eigenvalue weighted by molar-refractivity contribution is 0.427. The van der Waals surface area contributed by atoms with Crippen LogP contribution in [0.2, 0.25) is 0 Å². The summed E-state index contributed by atoms with van der Waals surface area (Å²) in [6.45, 7) is 6.74. The van der Waals surface area contributed by atoms with E-state index in [0.717, 1.165) is 17.3 Å². The van der Waals surface area contributed by atoms with Crippen LogP contribution in [-0.4, -0.2) is 20.1 Å². The summed E-state index contributed by atoms with van der Waals surface area (Å²) in [5.41, 5.74) is 1.36. The molecule has 0 bridgehead atoms. The first-order valence-electron chi connectivity index (χ1n) is 7.05. The van der Waals surface area contributed by atoms with Crippen molar-refractivity contribution in [3.63, 3.8) is 0 Å². The number of nitrogens with one attached hydrogen (secondary N) is 1. The highest BCUT2D eigenvalue weighted by Crippen LogP contribution is 2.38. The van der Waals surface area contributed by atoms with E-state index in [1.807, 2.05) is 31.2 Å². The van der Waals surface area contributed by atoms with Crippen LogP contribution < -0.4 is 0 Å². The number of hydrogen-bond donors (Lipinski definition) is 2. The second-order valence-electron chi connectivity index (χ2n) is 4.78. The van der Waals surface area contributed by atoms with Gasteiger partial charge in [-0.05, 0) is 19.4 Å². The van der Waals surface area contributed by atoms with Crippen LogP contribution in [-0.2, 0) is 6.54 Å². The normalized spacial score (nSPS) is 13.1. The number of amidine groups is 1. The Morgan fingerprint density at radius 3 is 2.76 bits per heavy atom. The van der Waals surface area contributed by atoms with E-state index in [-0.39, 0.29) is 11.0 Å². The zero-order valence-corrected chi connectivity index (χ0v) is 13.3. The van der Waals surface area contributed by atoms with Crippen molar-refractivity contribution < 1.29 is 5.11 Å². The molecule has 0 spiro atoms. The summed E-state index contributed by atoms with van der Waals surface area (Å²) in [6.07, 6.45) is 0.975. The van der Waals surface area contributed by atoms with E-state index in [9.17, 15) is 5.11 Å². The molecule has 0 aliphatic heterocycles. The van der Waals surface area contributed by atoms with E-state index in [0.29, 0.717) is 17.5 Å². The maximum Gasteiger partial charge on any atom is 0.220 e. The Balaban J connectivity index is 2.34. The third kappa shape index (κ3) is 3.26. The molecule has 6 heteroatoms. The third-order valence-electron chi connectivity index (χ3n) is 3.36. The number of para-hydroxylation sites is 1. The Morgan fingerprint density at radius 2 is 2.10 bits per heavy atom. The first-order chi connectivity index (χ1) is 10.1. The van der Waals surface area contributed by atoms with Gasteiger partial charge in [0, 0.05) is 17.2 Å². The van der Waals surface area contributed by atoms with Gasteiger partial charge in [0.15, 0.2) is 5.69 Å². The smallest absolute Gasteiger partial charge is 0.220 e. The van der Waals surface area contributed by atoms with Crippen molar-refractivity contribution in [3.05, 3.63) is 24.3 Å². The van der Waals surface area contributed by atoms with E-state index < -0.39 is 0 Å². The third-order valence-corrected chi connectivity index (χ3v) is 4.40. The lowest BCUT2D eigenvalue weighted by Gasteiger charge is -2.04. The maximum atomic E-state index is 10.3. The molecule has 5 nitrogen and oxygen atoms in total. The van der Waals surface area contributed by atoms with Gasteiger partial charge in [0.1, 0.15) is 0 Å². The van der Waals surface area contributed by atoms with E-state index in [1.165, 1.54) is 11.8 Å². The quantitative estimate of drug-likeness (QED) is 0.478. The van der Waals surface area contributed by atoms with Crippen LogP contribution in [0.5, 0.6) is 5.88 Å². The summed E-state index contributed by atoms with van der Waals surface area (Å²) >= 11 is 1.38. The van der Waals surface area contributed by atoms with Crippen LogP contribution in [0.4, 0.5) is 5.69 Å².